The molecule has 0 spiro atoms. The van der Waals surface area contributed by atoms with Crippen molar-refractivity contribution >= 4 is 5.91 Å². The molecule has 3 heterocycles. The summed E-state index contributed by atoms with van der Waals surface area (Å²) < 4.78 is 10.9. The molecule has 1 saturated heterocycles. The predicted octanol–water partition coefficient (Wildman–Crippen LogP) is 2.34. The Balaban J connectivity index is 1.70. The Morgan fingerprint density at radius 1 is 1.43 bits per heavy atom. The quantitative estimate of drug-likeness (QED) is 0.935. The molecule has 3 rings (SSSR count). The first kappa shape index (κ1) is 15.8. The predicted molar refractivity (Wildman–Crippen MR) is 85.1 cm³/mol. The summed E-state index contributed by atoms with van der Waals surface area (Å²) in [6.07, 6.45) is 0.796. The lowest BCUT2D eigenvalue weighted by molar-refractivity contribution is 0.0747. The van der Waals surface area contributed by atoms with Crippen molar-refractivity contribution in [1.29, 1.82) is 0 Å². The maximum Gasteiger partial charge on any atom is 0.292 e. The lowest BCUT2D eigenvalue weighted by Gasteiger charge is -2.13. The van der Waals surface area contributed by atoms with Gasteiger partial charge in [0.1, 0.15) is 11.5 Å². The number of hydrogen-bond acceptors (Lipinski definition) is 5. The van der Waals surface area contributed by atoms with Crippen LogP contribution < -0.4 is 5.73 Å². The molecule has 0 bridgehead atoms. The molecular weight excluding hydrogens is 294 g/mol. The molecule has 1 aliphatic heterocycles. The third-order valence-electron chi connectivity index (χ3n) is 4.17. The maximum atomic E-state index is 12.6. The van der Waals surface area contributed by atoms with Crippen molar-refractivity contribution in [3.05, 3.63) is 41.2 Å². The van der Waals surface area contributed by atoms with E-state index in [1.807, 2.05) is 19.1 Å². The molecule has 23 heavy (non-hydrogen) atoms. The average Bonchev–Trinajstić information content (AvgIpc) is 3.18. The van der Waals surface area contributed by atoms with Gasteiger partial charge in [0.25, 0.3) is 5.91 Å². The van der Waals surface area contributed by atoms with Crippen LogP contribution in [0.1, 0.15) is 47.5 Å². The number of aryl methyl sites for hydroxylation is 1. The van der Waals surface area contributed by atoms with Gasteiger partial charge in [-0.05, 0) is 31.4 Å². The Bertz CT molecular complexity index is 689. The summed E-state index contributed by atoms with van der Waals surface area (Å²) >= 11 is 0. The number of carbonyl (C=O) groups is 1. The van der Waals surface area contributed by atoms with Crippen LogP contribution in [-0.2, 0) is 6.42 Å². The number of likely N-dealkylation sites (tertiary alicyclic amines) is 1. The van der Waals surface area contributed by atoms with Crippen molar-refractivity contribution in [3.8, 4) is 0 Å². The van der Waals surface area contributed by atoms with Gasteiger partial charge in [0.2, 0.25) is 5.76 Å². The maximum absolute atomic E-state index is 12.6. The molecule has 2 aromatic rings. The van der Waals surface area contributed by atoms with Crippen LogP contribution >= 0.6 is 0 Å². The monoisotopic (exact) mass is 317 g/mol. The van der Waals surface area contributed by atoms with E-state index in [-0.39, 0.29) is 23.6 Å². The molecule has 0 unspecified atom stereocenters. The van der Waals surface area contributed by atoms with Gasteiger partial charge in [-0.25, -0.2) is 0 Å². The highest BCUT2D eigenvalue weighted by atomic mass is 16.5. The first-order valence-electron chi connectivity index (χ1n) is 8.01. The molecule has 0 saturated carbocycles. The fourth-order valence-electron chi connectivity index (χ4n) is 3.03. The second-order valence-corrected chi connectivity index (χ2v) is 6.71. The van der Waals surface area contributed by atoms with Crippen molar-refractivity contribution in [2.45, 2.75) is 39.2 Å². The van der Waals surface area contributed by atoms with Gasteiger partial charge >= 0.3 is 0 Å². The van der Waals surface area contributed by atoms with E-state index in [0.717, 1.165) is 23.6 Å². The van der Waals surface area contributed by atoms with E-state index in [0.29, 0.717) is 19.0 Å². The molecule has 0 aromatic carbocycles. The van der Waals surface area contributed by atoms with Crippen molar-refractivity contribution in [1.82, 2.24) is 10.1 Å². The third kappa shape index (κ3) is 3.32. The van der Waals surface area contributed by atoms with Gasteiger partial charge in [0.15, 0.2) is 0 Å². The molecule has 1 aliphatic rings. The van der Waals surface area contributed by atoms with E-state index in [1.165, 1.54) is 0 Å². The summed E-state index contributed by atoms with van der Waals surface area (Å²) in [5, 5.41) is 3.98. The second-order valence-electron chi connectivity index (χ2n) is 6.71. The van der Waals surface area contributed by atoms with Gasteiger partial charge in [0, 0.05) is 25.2 Å². The summed E-state index contributed by atoms with van der Waals surface area (Å²) in [6, 6.07) is 5.45. The van der Waals surface area contributed by atoms with Gasteiger partial charge in [-0.3, -0.25) is 4.79 Å². The molecule has 1 amide bonds. The minimum Gasteiger partial charge on any atom is -0.466 e. The van der Waals surface area contributed by atoms with E-state index in [1.54, 1.807) is 11.0 Å². The van der Waals surface area contributed by atoms with Gasteiger partial charge in [-0.15, -0.1) is 0 Å². The standard InChI is InChI=1S/C17H23N3O3/c1-10(2)6-12-7-16(23-19-12)17(21)20-8-13(14(18)9-20)15-5-4-11(3)22-15/h4-5,7,10,13-14H,6,8-9,18H2,1-3H3/t13-,14-/m0/s1. The van der Waals surface area contributed by atoms with Gasteiger partial charge < -0.3 is 19.6 Å². The van der Waals surface area contributed by atoms with E-state index in [9.17, 15) is 4.79 Å². The Hall–Kier alpha value is -2.08. The molecule has 0 radical (unpaired) electrons. The van der Waals surface area contributed by atoms with Crippen molar-refractivity contribution in [2.24, 2.45) is 11.7 Å². The average molecular weight is 317 g/mol. The summed E-state index contributed by atoms with van der Waals surface area (Å²) in [7, 11) is 0. The summed E-state index contributed by atoms with van der Waals surface area (Å²) in [5.74, 6) is 2.30. The Morgan fingerprint density at radius 2 is 2.22 bits per heavy atom. The highest BCUT2D eigenvalue weighted by molar-refractivity contribution is 5.91. The molecule has 124 valence electrons. The van der Waals surface area contributed by atoms with E-state index >= 15 is 0 Å². The SMILES string of the molecule is Cc1ccc([C@H]2CN(C(=O)c3cc(CC(C)C)no3)C[C@@H]2N)o1. The molecule has 2 N–H and O–H groups in total. The van der Waals surface area contributed by atoms with Crippen LogP contribution in [-0.4, -0.2) is 35.1 Å². The molecule has 2 atom stereocenters. The number of aromatic nitrogens is 1. The fraction of sp³-hybridized carbons (Fsp3) is 0.529. The van der Waals surface area contributed by atoms with Gasteiger partial charge in [-0.2, -0.15) is 0 Å². The van der Waals surface area contributed by atoms with Crippen LogP contribution in [0.25, 0.3) is 0 Å². The number of hydrogen-bond donors (Lipinski definition) is 1. The van der Waals surface area contributed by atoms with Crippen LogP contribution in [0.3, 0.4) is 0 Å². The van der Waals surface area contributed by atoms with Crippen molar-refractivity contribution < 1.29 is 13.7 Å². The minimum absolute atomic E-state index is 0.0192. The largest absolute Gasteiger partial charge is 0.466 e. The first-order valence-corrected chi connectivity index (χ1v) is 8.01. The number of carbonyl (C=O) groups excluding carboxylic acids is 1. The normalized spacial score (nSPS) is 21.3. The summed E-state index contributed by atoms with van der Waals surface area (Å²) in [6.45, 7) is 7.13. The number of nitrogens with zero attached hydrogens (tertiary/aromatic N) is 2. The zero-order valence-electron chi connectivity index (χ0n) is 13.8. The number of nitrogens with two attached hydrogens (primary N) is 1. The lowest BCUT2D eigenvalue weighted by Crippen LogP contribution is -2.32. The second kappa shape index (κ2) is 6.20. The minimum atomic E-state index is -0.159. The lowest BCUT2D eigenvalue weighted by atomic mass is 10.0. The molecular formula is C17H23N3O3. The Kier molecular flexibility index (Phi) is 4.26. The third-order valence-corrected chi connectivity index (χ3v) is 4.17. The van der Waals surface area contributed by atoms with Crippen LogP contribution in [0.2, 0.25) is 0 Å². The molecule has 6 heteroatoms. The zero-order valence-corrected chi connectivity index (χ0v) is 13.8. The fourth-order valence-corrected chi connectivity index (χ4v) is 3.03. The van der Waals surface area contributed by atoms with Crippen molar-refractivity contribution in [3.63, 3.8) is 0 Å². The Labute approximate surface area is 135 Å². The van der Waals surface area contributed by atoms with Crippen LogP contribution in [0.15, 0.2) is 27.1 Å². The molecule has 2 aromatic heterocycles. The van der Waals surface area contributed by atoms with E-state index in [2.05, 4.69) is 19.0 Å². The van der Waals surface area contributed by atoms with Crippen LogP contribution in [0, 0.1) is 12.8 Å². The number of amides is 1. The highest BCUT2D eigenvalue weighted by Crippen LogP contribution is 2.29. The van der Waals surface area contributed by atoms with E-state index in [4.69, 9.17) is 14.7 Å². The number of rotatable bonds is 4. The molecule has 0 aliphatic carbocycles. The van der Waals surface area contributed by atoms with E-state index < -0.39 is 0 Å². The topological polar surface area (TPSA) is 85.5 Å². The highest BCUT2D eigenvalue weighted by Gasteiger charge is 2.37. The molecule has 6 nitrogen and oxygen atoms in total. The van der Waals surface area contributed by atoms with Crippen LogP contribution in [0.5, 0.6) is 0 Å². The Morgan fingerprint density at radius 3 is 2.87 bits per heavy atom. The smallest absolute Gasteiger partial charge is 0.292 e. The first-order chi connectivity index (χ1) is 10.9. The summed E-state index contributed by atoms with van der Waals surface area (Å²) in [4.78, 5) is 14.3. The van der Waals surface area contributed by atoms with Crippen LogP contribution in [0.4, 0.5) is 0 Å². The summed E-state index contributed by atoms with van der Waals surface area (Å²) in [5.41, 5.74) is 7.01. The van der Waals surface area contributed by atoms with Crippen molar-refractivity contribution in [2.75, 3.05) is 13.1 Å². The number of furan rings is 1. The van der Waals surface area contributed by atoms with Gasteiger partial charge in [0.05, 0.1) is 11.6 Å². The molecule has 1 fully saturated rings. The van der Waals surface area contributed by atoms with Gasteiger partial charge in [-0.1, -0.05) is 19.0 Å². The zero-order chi connectivity index (χ0) is 16.6.